The number of carboxylic acids is 1. The third-order valence-electron chi connectivity index (χ3n) is 4.16. The van der Waals surface area contributed by atoms with Crippen molar-refractivity contribution in [2.75, 3.05) is 0 Å². The van der Waals surface area contributed by atoms with Crippen molar-refractivity contribution >= 4 is 28.6 Å². The molecule has 1 aromatic heterocycles. The van der Waals surface area contributed by atoms with Crippen LogP contribution < -0.4 is 0 Å². The fourth-order valence-electron chi connectivity index (χ4n) is 2.81. The quantitative estimate of drug-likeness (QED) is 0.718. The number of carbonyl (C=O) groups is 1. The van der Waals surface area contributed by atoms with Crippen molar-refractivity contribution in [1.29, 1.82) is 0 Å². The van der Waals surface area contributed by atoms with Crippen molar-refractivity contribution < 1.29 is 15.0 Å². The summed E-state index contributed by atoms with van der Waals surface area (Å²) in [5.74, 6) is -0.792. The van der Waals surface area contributed by atoms with Crippen molar-refractivity contribution in [3.8, 4) is 11.4 Å². The van der Waals surface area contributed by atoms with Gasteiger partial charge in [-0.1, -0.05) is 44.5 Å². The van der Waals surface area contributed by atoms with Gasteiger partial charge in [-0.25, -0.2) is 0 Å². The Morgan fingerprint density at radius 1 is 1.23 bits per heavy atom. The van der Waals surface area contributed by atoms with Crippen LogP contribution in [0.3, 0.4) is 0 Å². The Morgan fingerprint density at radius 3 is 2.58 bits per heavy atom. The van der Waals surface area contributed by atoms with Crippen molar-refractivity contribution in [3.63, 3.8) is 0 Å². The van der Waals surface area contributed by atoms with Gasteiger partial charge < -0.3 is 10.2 Å². The second kappa shape index (κ2) is 6.61. The third-order valence-corrected chi connectivity index (χ3v) is 4.47. The number of aromatic nitrogens is 3. The Balaban J connectivity index is 2.18. The first-order chi connectivity index (χ1) is 12.2. The van der Waals surface area contributed by atoms with E-state index in [-0.39, 0.29) is 17.6 Å². The average molecular weight is 374 g/mol. The molecule has 2 aromatic carbocycles. The minimum atomic E-state index is -0.869. The van der Waals surface area contributed by atoms with E-state index >= 15 is 0 Å². The Labute approximate surface area is 156 Å². The molecule has 0 unspecified atom stereocenters. The van der Waals surface area contributed by atoms with Gasteiger partial charge in [-0.15, -0.1) is 15.0 Å². The van der Waals surface area contributed by atoms with Gasteiger partial charge in [-0.2, -0.15) is 0 Å². The number of aryl methyl sites for hydroxylation is 1. The zero-order chi connectivity index (χ0) is 19.1. The van der Waals surface area contributed by atoms with Crippen LogP contribution in [-0.2, 0) is 16.6 Å². The fourth-order valence-corrected chi connectivity index (χ4v) is 3.02. The lowest BCUT2D eigenvalue weighted by Crippen LogP contribution is -2.14. The number of phenolic OH excluding ortho intramolecular Hbond substituents is 1. The molecular formula is C19H20ClN3O3. The summed E-state index contributed by atoms with van der Waals surface area (Å²) in [6, 6.07) is 8.87. The van der Waals surface area contributed by atoms with Crippen LogP contribution in [-0.4, -0.2) is 31.2 Å². The molecule has 0 saturated heterocycles. The summed E-state index contributed by atoms with van der Waals surface area (Å²) in [4.78, 5) is 12.3. The highest BCUT2D eigenvalue weighted by Gasteiger charge is 2.23. The highest BCUT2D eigenvalue weighted by Crippen LogP contribution is 2.36. The van der Waals surface area contributed by atoms with E-state index in [1.54, 1.807) is 24.3 Å². The molecule has 0 fully saturated rings. The molecule has 3 aromatic rings. The second-order valence-electron chi connectivity index (χ2n) is 7.25. The Bertz CT molecular complexity index is 990. The van der Waals surface area contributed by atoms with Gasteiger partial charge in [0.15, 0.2) is 0 Å². The number of carboxylic acid groups (broad SMARTS) is 1. The molecule has 0 saturated carbocycles. The van der Waals surface area contributed by atoms with Crippen LogP contribution in [0.5, 0.6) is 5.75 Å². The van der Waals surface area contributed by atoms with E-state index in [1.165, 1.54) is 4.80 Å². The molecule has 26 heavy (non-hydrogen) atoms. The molecule has 0 amide bonds. The molecule has 0 atom stereocenters. The minimum Gasteiger partial charge on any atom is -0.505 e. The van der Waals surface area contributed by atoms with E-state index in [2.05, 4.69) is 10.2 Å². The lowest BCUT2D eigenvalue weighted by atomic mass is 9.84. The van der Waals surface area contributed by atoms with E-state index < -0.39 is 5.97 Å². The topological polar surface area (TPSA) is 88.2 Å². The van der Waals surface area contributed by atoms with Crippen molar-refractivity contribution in [2.45, 2.75) is 39.0 Å². The van der Waals surface area contributed by atoms with Crippen LogP contribution in [0.4, 0.5) is 0 Å². The number of halogens is 1. The molecule has 1 heterocycles. The molecule has 0 radical (unpaired) electrons. The Kier molecular flexibility index (Phi) is 4.63. The van der Waals surface area contributed by atoms with Crippen LogP contribution in [0.2, 0.25) is 5.02 Å². The monoisotopic (exact) mass is 373 g/mol. The highest BCUT2D eigenvalue weighted by atomic mass is 35.5. The minimum absolute atomic E-state index is 0.00807. The lowest BCUT2D eigenvalue weighted by molar-refractivity contribution is -0.136. The first-order valence-corrected chi connectivity index (χ1v) is 8.64. The van der Waals surface area contributed by atoms with Gasteiger partial charge in [-0.05, 0) is 35.6 Å². The summed E-state index contributed by atoms with van der Waals surface area (Å²) in [7, 11) is 0. The number of rotatable bonds is 4. The normalized spacial score (nSPS) is 11.8. The van der Waals surface area contributed by atoms with Crippen LogP contribution in [0.25, 0.3) is 16.7 Å². The molecule has 6 nitrogen and oxygen atoms in total. The maximum absolute atomic E-state index is 10.9. The maximum Gasteiger partial charge on any atom is 0.303 e. The summed E-state index contributed by atoms with van der Waals surface area (Å²) in [6.07, 6.45) is 0.362. The Morgan fingerprint density at radius 2 is 1.96 bits per heavy atom. The van der Waals surface area contributed by atoms with E-state index in [4.69, 9.17) is 16.7 Å². The first-order valence-electron chi connectivity index (χ1n) is 8.27. The van der Waals surface area contributed by atoms with E-state index in [9.17, 15) is 9.90 Å². The zero-order valence-corrected chi connectivity index (χ0v) is 15.6. The largest absolute Gasteiger partial charge is 0.505 e. The predicted octanol–water partition coefficient (Wildman–Crippen LogP) is 4.09. The summed E-state index contributed by atoms with van der Waals surface area (Å²) >= 11 is 6.17. The molecule has 0 spiro atoms. The predicted molar refractivity (Wildman–Crippen MR) is 100 cm³/mol. The number of hydrogen-bond donors (Lipinski definition) is 2. The van der Waals surface area contributed by atoms with E-state index in [0.29, 0.717) is 33.7 Å². The summed E-state index contributed by atoms with van der Waals surface area (Å²) in [5, 5.41) is 29.1. The van der Waals surface area contributed by atoms with Crippen molar-refractivity contribution in [2.24, 2.45) is 0 Å². The molecular weight excluding hydrogens is 354 g/mol. The van der Waals surface area contributed by atoms with E-state index in [1.807, 2.05) is 26.8 Å². The first kappa shape index (κ1) is 18.2. The third kappa shape index (κ3) is 3.51. The summed E-state index contributed by atoms with van der Waals surface area (Å²) in [5.41, 5.74) is 2.75. The van der Waals surface area contributed by atoms with Crippen LogP contribution in [0, 0.1) is 0 Å². The highest BCUT2D eigenvalue weighted by molar-refractivity contribution is 6.34. The summed E-state index contributed by atoms with van der Waals surface area (Å²) < 4.78 is 0. The van der Waals surface area contributed by atoms with Crippen molar-refractivity contribution in [1.82, 2.24) is 15.0 Å². The molecule has 0 aliphatic rings. The molecule has 0 aliphatic heterocycles. The lowest BCUT2D eigenvalue weighted by Gasteiger charge is -2.23. The van der Waals surface area contributed by atoms with Gasteiger partial charge in [0.05, 0.1) is 5.02 Å². The zero-order valence-electron chi connectivity index (χ0n) is 14.8. The molecule has 2 N–H and O–H groups in total. The molecule has 3 rings (SSSR count). The number of nitrogens with zero attached hydrogens (tertiary/aromatic N) is 3. The van der Waals surface area contributed by atoms with Gasteiger partial charge in [-0.3, -0.25) is 4.79 Å². The molecule has 7 heteroatoms. The Hall–Kier alpha value is -2.60. The number of aliphatic carboxylic acids is 1. The van der Waals surface area contributed by atoms with Gasteiger partial charge in [0.1, 0.15) is 22.5 Å². The molecule has 0 bridgehead atoms. The molecule has 136 valence electrons. The SMILES string of the molecule is CC(C)(C)c1cc(CCC(=O)O)cc(-n2nc3cccc(Cl)c3n2)c1O. The van der Waals surface area contributed by atoms with E-state index in [0.717, 1.165) is 5.56 Å². The van der Waals surface area contributed by atoms with Gasteiger partial charge in [0.25, 0.3) is 0 Å². The molecule has 0 aliphatic carbocycles. The standard InChI is InChI=1S/C19H20ClN3O3/c1-19(2,3)12-9-11(7-8-16(24)25)10-15(18(12)26)23-21-14-6-4-5-13(20)17(14)22-23/h4-6,9-10,26H,7-8H2,1-3H3,(H,24,25). The number of aromatic hydroxyl groups is 1. The number of benzene rings is 2. The number of fused-ring (bicyclic) bond motifs is 1. The average Bonchev–Trinajstić information content (AvgIpc) is 2.98. The number of phenols is 1. The smallest absolute Gasteiger partial charge is 0.303 e. The van der Waals surface area contributed by atoms with Crippen LogP contribution in [0.15, 0.2) is 30.3 Å². The van der Waals surface area contributed by atoms with Gasteiger partial charge in [0, 0.05) is 12.0 Å². The number of hydrogen-bond acceptors (Lipinski definition) is 4. The summed E-state index contributed by atoms with van der Waals surface area (Å²) in [6.45, 7) is 5.95. The van der Waals surface area contributed by atoms with Crippen molar-refractivity contribution in [3.05, 3.63) is 46.5 Å². The second-order valence-corrected chi connectivity index (χ2v) is 7.66. The van der Waals surface area contributed by atoms with Crippen LogP contribution >= 0.6 is 11.6 Å². The van der Waals surface area contributed by atoms with Gasteiger partial charge >= 0.3 is 5.97 Å². The fraction of sp³-hybridized carbons (Fsp3) is 0.316. The van der Waals surface area contributed by atoms with Crippen LogP contribution in [0.1, 0.15) is 38.3 Å². The maximum atomic E-state index is 10.9. The van der Waals surface area contributed by atoms with Gasteiger partial charge in [0.2, 0.25) is 0 Å².